The van der Waals surface area contributed by atoms with Crippen LogP contribution < -0.4 is 10.6 Å². The smallest absolute Gasteiger partial charge is 0.322 e. The van der Waals surface area contributed by atoms with Gasteiger partial charge in [-0.25, -0.2) is 4.79 Å². The highest BCUT2D eigenvalue weighted by Crippen LogP contribution is 2.30. The summed E-state index contributed by atoms with van der Waals surface area (Å²) in [5, 5.41) is 5.87. The van der Waals surface area contributed by atoms with Gasteiger partial charge in [-0.05, 0) is 55.5 Å². The van der Waals surface area contributed by atoms with Gasteiger partial charge in [-0.3, -0.25) is 9.78 Å². The van der Waals surface area contributed by atoms with E-state index < -0.39 is 0 Å². The molecule has 7 nitrogen and oxygen atoms in total. The van der Waals surface area contributed by atoms with E-state index in [2.05, 4.69) is 15.6 Å². The lowest BCUT2D eigenvalue weighted by Gasteiger charge is -2.26. The Kier molecular flexibility index (Phi) is 6.05. The SMILES string of the molecule is O=C(Nc1cccc(NC(=O)N(Cc2cccnc2)CC2CCCO2)c1)C1CC1. The Morgan fingerprint density at radius 1 is 1.10 bits per heavy atom. The topological polar surface area (TPSA) is 83.6 Å². The van der Waals surface area contributed by atoms with E-state index in [1.54, 1.807) is 23.4 Å². The van der Waals surface area contributed by atoms with Crippen molar-refractivity contribution in [2.75, 3.05) is 23.8 Å². The highest BCUT2D eigenvalue weighted by atomic mass is 16.5. The molecule has 2 heterocycles. The summed E-state index contributed by atoms with van der Waals surface area (Å²) in [5.74, 6) is 0.180. The van der Waals surface area contributed by atoms with Crippen molar-refractivity contribution in [3.8, 4) is 0 Å². The van der Waals surface area contributed by atoms with Crippen LogP contribution in [-0.4, -0.2) is 41.1 Å². The molecule has 152 valence electrons. The van der Waals surface area contributed by atoms with Gasteiger partial charge in [0.25, 0.3) is 0 Å². The van der Waals surface area contributed by atoms with Crippen molar-refractivity contribution >= 4 is 23.3 Å². The fraction of sp³-hybridized carbons (Fsp3) is 0.409. The van der Waals surface area contributed by atoms with Crippen molar-refractivity contribution in [3.63, 3.8) is 0 Å². The lowest BCUT2D eigenvalue weighted by molar-refractivity contribution is -0.117. The fourth-order valence-electron chi connectivity index (χ4n) is 3.43. The molecular weight excluding hydrogens is 368 g/mol. The molecule has 1 aliphatic heterocycles. The molecular formula is C22H26N4O3. The first-order valence-electron chi connectivity index (χ1n) is 10.1. The number of aromatic nitrogens is 1. The van der Waals surface area contributed by atoms with Gasteiger partial charge in [0.05, 0.1) is 6.10 Å². The Morgan fingerprint density at radius 3 is 2.62 bits per heavy atom. The van der Waals surface area contributed by atoms with Gasteiger partial charge in [0.1, 0.15) is 0 Å². The number of pyridine rings is 1. The minimum Gasteiger partial charge on any atom is -0.376 e. The summed E-state index contributed by atoms with van der Waals surface area (Å²) in [6.45, 7) is 1.73. The van der Waals surface area contributed by atoms with E-state index in [-0.39, 0.29) is 24.0 Å². The summed E-state index contributed by atoms with van der Waals surface area (Å²) in [5.41, 5.74) is 2.30. The molecule has 2 fully saturated rings. The monoisotopic (exact) mass is 394 g/mol. The maximum Gasteiger partial charge on any atom is 0.322 e. The van der Waals surface area contributed by atoms with Crippen LogP contribution in [0.3, 0.4) is 0 Å². The predicted octanol–water partition coefficient (Wildman–Crippen LogP) is 3.64. The van der Waals surface area contributed by atoms with Gasteiger partial charge in [0.2, 0.25) is 5.91 Å². The Labute approximate surface area is 170 Å². The summed E-state index contributed by atoms with van der Waals surface area (Å²) in [6.07, 6.45) is 7.43. The molecule has 0 spiro atoms. The molecule has 1 aliphatic carbocycles. The van der Waals surface area contributed by atoms with Crippen molar-refractivity contribution in [1.82, 2.24) is 9.88 Å². The number of nitrogens with zero attached hydrogens (tertiary/aromatic N) is 2. The van der Waals surface area contributed by atoms with Gasteiger partial charge in [-0.15, -0.1) is 0 Å². The maximum absolute atomic E-state index is 13.0. The highest BCUT2D eigenvalue weighted by Gasteiger charge is 2.29. The largest absolute Gasteiger partial charge is 0.376 e. The number of anilines is 2. The number of nitrogens with one attached hydrogen (secondary N) is 2. The molecule has 2 N–H and O–H groups in total. The van der Waals surface area contributed by atoms with Crippen molar-refractivity contribution < 1.29 is 14.3 Å². The molecule has 7 heteroatoms. The van der Waals surface area contributed by atoms with Crippen LogP contribution >= 0.6 is 0 Å². The van der Waals surface area contributed by atoms with Crippen LogP contribution in [0.15, 0.2) is 48.8 Å². The number of carbonyl (C=O) groups excluding carboxylic acids is 2. The fourth-order valence-corrected chi connectivity index (χ4v) is 3.43. The second-order valence-electron chi connectivity index (χ2n) is 7.65. The number of urea groups is 1. The molecule has 1 saturated carbocycles. The quantitative estimate of drug-likeness (QED) is 0.751. The summed E-state index contributed by atoms with van der Waals surface area (Å²) in [6, 6.07) is 10.9. The average molecular weight is 394 g/mol. The zero-order valence-electron chi connectivity index (χ0n) is 16.3. The van der Waals surface area contributed by atoms with Crippen LogP contribution in [0.1, 0.15) is 31.2 Å². The van der Waals surface area contributed by atoms with Gasteiger partial charge < -0.3 is 20.3 Å². The van der Waals surface area contributed by atoms with Crippen LogP contribution in [0.5, 0.6) is 0 Å². The molecule has 0 bridgehead atoms. The summed E-state index contributed by atoms with van der Waals surface area (Å²) >= 11 is 0. The first-order chi connectivity index (χ1) is 14.2. The van der Waals surface area contributed by atoms with E-state index in [4.69, 9.17) is 4.74 Å². The lowest BCUT2D eigenvalue weighted by atomic mass is 10.2. The van der Waals surface area contributed by atoms with E-state index in [0.717, 1.165) is 37.9 Å². The van der Waals surface area contributed by atoms with E-state index in [9.17, 15) is 9.59 Å². The Balaban J connectivity index is 1.42. The second-order valence-corrected chi connectivity index (χ2v) is 7.65. The number of hydrogen-bond acceptors (Lipinski definition) is 4. The zero-order chi connectivity index (χ0) is 20.1. The minimum absolute atomic E-state index is 0.0464. The van der Waals surface area contributed by atoms with Crippen LogP contribution in [-0.2, 0) is 16.1 Å². The zero-order valence-corrected chi connectivity index (χ0v) is 16.3. The second kappa shape index (κ2) is 9.05. The van der Waals surface area contributed by atoms with E-state index >= 15 is 0 Å². The standard InChI is InChI=1S/C22H26N4O3/c27-21(17-8-9-17)24-18-5-1-6-19(12-18)25-22(28)26(15-20-7-3-11-29-20)14-16-4-2-10-23-13-16/h1-2,4-6,10,12-13,17,20H,3,7-9,11,14-15H2,(H,24,27)(H,25,28). The lowest BCUT2D eigenvalue weighted by Crippen LogP contribution is -2.39. The predicted molar refractivity (Wildman–Crippen MR) is 110 cm³/mol. The molecule has 4 rings (SSSR count). The molecule has 1 aromatic heterocycles. The third-order valence-corrected chi connectivity index (χ3v) is 5.16. The van der Waals surface area contributed by atoms with Gasteiger partial charge in [0.15, 0.2) is 0 Å². The first-order valence-corrected chi connectivity index (χ1v) is 10.1. The molecule has 0 radical (unpaired) electrons. The van der Waals surface area contributed by atoms with Gasteiger partial charge >= 0.3 is 6.03 Å². The van der Waals surface area contributed by atoms with Crippen LogP contribution in [0, 0.1) is 5.92 Å². The molecule has 2 aromatic rings. The van der Waals surface area contributed by atoms with E-state index in [0.29, 0.717) is 24.5 Å². The van der Waals surface area contributed by atoms with Crippen molar-refractivity contribution in [2.24, 2.45) is 5.92 Å². The van der Waals surface area contributed by atoms with Crippen molar-refractivity contribution in [1.29, 1.82) is 0 Å². The summed E-state index contributed by atoms with van der Waals surface area (Å²) < 4.78 is 5.73. The number of rotatable bonds is 7. The molecule has 3 amide bonds. The third-order valence-electron chi connectivity index (χ3n) is 5.16. The number of benzene rings is 1. The first kappa shape index (κ1) is 19.4. The molecule has 29 heavy (non-hydrogen) atoms. The van der Waals surface area contributed by atoms with Crippen LogP contribution in [0.25, 0.3) is 0 Å². The Hall–Kier alpha value is -2.93. The minimum atomic E-state index is -0.199. The Morgan fingerprint density at radius 2 is 1.93 bits per heavy atom. The molecule has 1 aromatic carbocycles. The maximum atomic E-state index is 13.0. The number of carbonyl (C=O) groups is 2. The Bertz CT molecular complexity index is 848. The third kappa shape index (κ3) is 5.54. The molecule has 1 atom stereocenters. The molecule has 1 unspecified atom stereocenters. The van der Waals surface area contributed by atoms with Crippen LogP contribution in [0.4, 0.5) is 16.2 Å². The molecule has 2 aliphatic rings. The average Bonchev–Trinajstić information content (AvgIpc) is 3.46. The van der Waals surface area contributed by atoms with Crippen molar-refractivity contribution in [3.05, 3.63) is 54.4 Å². The van der Waals surface area contributed by atoms with Gasteiger partial charge in [0, 0.05) is 49.4 Å². The summed E-state index contributed by atoms with van der Waals surface area (Å²) in [4.78, 5) is 30.9. The van der Waals surface area contributed by atoms with E-state index in [1.807, 2.05) is 30.3 Å². The number of hydrogen-bond donors (Lipinski definition) is 2. The van der Waals surface area contributed by atoms with Crippen LogP contribution in [0.2, 0.25) is 0 Å². The molecule has 1 saturated heterocycles. The number of amides is 3. The normalized spacial score (nSPS) is 18.3. The highest BCUT2D eigenvalue weighted by molar-refractivity contribution is 5.95. The van der Waals surface area contributed by atoms with E-state index in [1.165, 1.54) is 0 Å². The number of ether oxygens (including phenoxy) is 1. The van der Waals surface area contributed by atoms with Gasteiger partial charge in [-0.2, -0.15) is 0 Å². The summed E-state index contributed by atoms with van der Waals surface area (Å²) in [7, 11) is 0. The van der Waals surface area contributed by atoms with Gasteiger partial charge in [-0.1, -0.05) is 12.1 Å². The van der Waals surface area contributed by atoms with Crippen molar-refractivity contribution in [2.45, 2.75) is 38.3 Å².